The van der Waals surface area contributed by atoms with Crippen LogP contribution in [-0.2, 0) is 9.84 Å². The first-order valence-corrected chi connectivity index (χ1v) is 9.16. The maximum absolute atomic E-state index is 12.0. The minimum atomic E-state index is -3.36. The van der Waals surface area contributed by atoms with Gasteiger partial charge in [0.05, 0.1) is 11.5 Å². The topological polar surface area (TPSA) is 115 Å². The van der Waals surface area contributed by atoms with Gasteiger partial charge in [0.15, 0.2) is 32.8 Å². The fraction of sp³-hybridized carbons (Fsp3) is 0.111. The molecule has 0 fully saturated rings. The summed E-state index contributed by atoms with van der Waals surface area (Å²) in [4.78, 5) is 0. The van der Waals surface area contributed by atoms with E-state index in [4.69, 9.17) is 0 Å². The Hall–Kier alpha value is -2.93. The summed E-state index contributed by atoms with van der Waals surface area (Å²) in [6.07, 6.45) is 6.00. The van der Waals surface area contributed by atoms with Crippen molar-refractivity contribution < 1.29 is 28.8 Å². The molecule has 0 atom stereocenters. The summed E-state index contributed by atoms with van der Waals surface area (Å²) in [6.45, 7) is 0. The van der Waals surface area contributed by atoms with Crippen LogP contribution in [-0.4, -0.2) is 40.3 Å². The Kier molecular flexibility index (Phi) is 5.71. The SMILES string of the molecule is O=S(=O)(CC=Cc1ccc(O)c(O)c1)CC=Cc1ccc(O)c(O)c1. The van der Waals surface area contributed by atoms with E-state index in [9.17, 15) is 28.8 Å². The Morgan fingerprint density at radius 2 is 1.08 bits per heavy atom. The molecule has 6 nitrogen and oxygen atoms in total. The van der Waals surface area contributed by atoms with Crippen LogP contribution in [0.3, 0.4) is 0 Å². The molecule has 0 aliphatic carbocycles. The first kappa shape index (κ1) is 18.4. The predicted octanol–water partition coefficient (Wildman–Crippen LogP) is 2.65. The zero-order valence-corrected chi connectivity index (χ0v) is 14.0. The summed E-state index contributed by atoms with van der Waals surface area (Å²) >= 11 is 0. The highest BCUT2D eigenvalue weighted by atomic mass is 32.2. The summed E-state index contributed by atoms with van der Waals surface area (Å²) in [7, 11) is -3.36. The van der Waals surface area contributed by atoms with Crippen molar-refractivity contribution in [2.24, 2.45) is 0 Å². The van der Waals surface area contributed by atoms with Crippen molar-refractivity contribution in [3.63, 3.8) is 0 Å². The largest absolute Gasteiger partial charge is 0.504 e. The van der Waals surface area contributed by atoms with E-state index in [0.717, 1.165) is 0 Å². The summed E-state index contributed by atoms with van der Waals surface area (Å²) in [5.74, 6) is -1.39. The van der Waals surface area contributed by atoms with Crippen LogP contribution >= 0.6 is 0 Å². The molecule has 0 radical (unpaired) electrons. The van der Waals surface area contributed by atoms with Crippen molar-refractivity contribution >= 4 is 22.0 Å². The number of phenols is 4. The number of sulfone groups is 1. The van der Waals surface area contributed by atoms with Gasteiger partial charge in [0.2, 0.25) is 0 Å². The Labute approximate surface area is 145 Å². The van der Waals surface area contributed by atoms with Gasteiger partial charge in [-0.1, -0.05) is 36.4 Å². The van der Waals surface area contributed by atoms with E-state index in [0.29, 0.717) is 11.1 Å². The lowest BCUT2D eigenvalue weighted by atomic mass is 10.2. The van der Waals surface area contributed by atoms with Gasteiger partial charge in [-0.15, -0.1) is 0 Å². The van der Waals surface area contributed by atoms with Gasteiger partial charge in [-0.05, 0) is 35.4 Å². The van der Waals surface area contributed by atoms with Gasteiger partial charge in [0.1, 0.15) is 0 Å². The van der Waals surface area contributed by atoms with Crippen molar-refractivity contribution in [2.75, 3.05) is 11.5 Å². The number of phenolic OH excluding ortho intramolecular Hbond substituents is 4. The van der Waals surface area contributed by atoms with Crippen LogP contribution in [0.1, 0.15) is 11.1 Å². The third-order valence-electron chi connectivity index (χ3n) is 3.32. The van der Waals surface area contributed by atoms with Gasteiger partial charge in [-0.2, -0.15) is 0 Å². The lowest BCUT2D eigenvalue weighted by molar-refractivity contribution is 0.403. The maximum atomic E-state index is 12.0. The van der Waals surface area contributed by atoms with Crippen molar-refractivity contribution in [3.05, 3.63) is 59.7 Å². The Morgan fingerprint density at radius 3 is 1.44 bits per heavy atom. The first-order valence-electron chi connectivity index (χ1n) is 7.34. The fourth-order valence-electron chi connectivity index (χ4n) is 2.02. The van der Waals surface area contributed by atoms with Crippen molar-refractivity contribution in [3.8, 4) is 23.0 Å². The molecule has 132 valence electrons. The Morgan fingerprint density at radius 1 is 0.680 bits per heavy atom. The van der Waals surface area contributed by atoms with Crippen molar-refractivity contribution in [1.82, 2.24) is 0 Å². The van der Waals surface area contributed by atoms with Gasteiger partial charge in [-0.3, -0.25) is 0 Å². The molecule has 2 aromatic carbocycles. The Bertz CT molecular complexity index is 844. The van der Waals surface area contributed by atoms with Crippen LogP contribution in [0, 0.1) is 0 Å². The number of rotatable bonds is 6. The second kappa shape index (κ2) is 7.76. The van der Waals surface area contributed by atoms with E-state index in [1.165, 1.54) is 36.4 Å². The molecule has 0 amide bonds. The minimum absolute atomic E-state index is 0.181. The molecule has 0 aliphatic heterocycles. The monoisotopic (exact) mass is 362 g/mol. The van der Waals surface area contributed by atoms with Gasteiger partial charge in [-0.25, -0.2) is 8.42 Å². The van der Waals surface area contributed by atoms with Crippen LogP contribution < -0.4 is 0 Å². The molecule has 7 heteroatoms. The quantitative estimate of drug-likeness (QED) is 0.587. The van der Waals surface area contributed by atoms with E-state index in [-0.39, 0.29) is 34.5 Å². The predicted molar refractivity (Wildman–Crippen MR) is 96.3 cm³/mol. The van der Waals surface area contributed by atoms with Gasteiger partial charge >= 0.3 is 0 Å². The first-order chi connectivity index (χ1) is 11.8. The average molecular weight is 362 g/mol. The van der Waals surface area contributed by atoms with Gasteiger partial charge in [0, 0.05) is 0 Å². The molecule has 2 rings (SSSR count). The lowest BCUT2D eigenvalue weighted by Gasteiger charge is -2.00. The van der Waals surface area contributed by atoms with Gasteiger partial charge in [0.25, 0.3) is 0 Å². The molecule has 25 heavy (non-hydrogen) atoms. The summed E-state index contributed by atoms with van der Waals surface area (Å²) in [6, 6.07) is 8.40. The fourth-order valence-corrected chi connectivity index (χ4v) is 2.93. The zero-order chi connectivity index (χ0) is 18.4. The highest BCUT2D eigenvalue weighted by molar-refractivity contribution is 7.91. The van der Waals surface area contributed by atoms with Crippen LogP contribution in [0.2, 0.25) is 0 Å². The molecule has 0 saturated carbocycles. The number of benzene rings is 2. The van der Waals surface area contributed by atoms with Crippen LogP contribution in [0.4, 0.5) is 0 Å². The Balaban J connectivity index is 1.94. The highest BCUT2D eigenvalue weighted by Gasteiger charge is 2.06. The van der Waals surface area contributed by atoms with E-state index in [1.54, 1.807) is 24.3 Å². The summed E-state index contributed by atoms with van der Waals surface area (Å²) in [5.41, 5.74) is 1.14. The summed E-state index contributed by atoms with van der Waals surface area (Å²) < 4.78 is 23.9. The molecule has 4 N–H and O–H groups in total. The molecule has 0 aliphatic rings. The van der Waals surface area contributed by atoms with E-state index >= 15 is 0 Å². The lowest BCUT2D eigenvalue weighted by Crippen LogP contribution is -2.07. The molecule has 0 heterocycles. The number of aromatic hydroxyl groups is 4. The van der Waals surface area contributed by atoms with Crippen LogP contribution in [0.15, 0.2) is 48.6 Å². The molecule has 2 aromatic rings. The van der Waals surface area contributed by atoms with E-state index in [1.807, 2.05) is 0 Å². The third kappa shape index (κ3) is 5.58. The van der Waals surface area contributed by atoms with Crippen molar-refractivity contribution in [2.45, 2.75) is 0 Å². The molecule has 0 spiro atoms. The normalized spacial score (nSPS) is 12.2. The number of hydrogen-bond donors (Lipinski definition) is 4. The van der Waals surface area contributed by atoms with Crippen molar-refractivity contribution in [1.29, 1.82) is 0 Å². The third-order valence-corrected chi connectivity index (χ3v) is 4.72. The van der Waals surface area contributed by atoms with E-state index in [2.05, 4.69) is 0 Å². The average Bonchev–Trinajstić information content (AvgIpc) is 2.54. The molecule has 0 unspecified atom stereocenters. The second-order valence-corrected chi connectivity index (χ2v) is 7.53. The highest BCUT2D eigenvalue weighted by Crippen LogP contribution is 2.26. The number of hydrogen-bond acceptors (Lipinski definition) is 6. The molecule has 0 bridgehead atoms. The molecule has 0 saturated heterocycles. The molecule has 0 aromatic heterocycles. The standard InChI is InChI=1S/C18H18O6S/c19-15-7-5-13(11-17(15)21)3-1-9-25(23,24)10-2-4-14-6-8-16(20)18(22)12-14/h1-8,11-12,19-22H,9-10H2. The molecular weight excluding hydrogens is 344 g/mol. The molecular formula is C18H18O6S. The van der Waals surface area contributed by atoms with Gasteiger partial charge < -0.3 is 20.4 Å². The maximum Gasteiger partial charge on any atom is 0.157 e. The van der Waals surface area contributed by atoms with Crippen LogP contribution in [0.25, 0.3) is 12.2 Å². The summed E-state index contributed by atoms with van der Waals surface area (Å²) in [5, 5.41) is 37.2. The minimum Gasteiger partial charge on any atom is -0.504 e. The van der Waals surface area contributed by atoms with Crippen LogP contribution in [0.5, 0.6) is 23.0 Å². The van der Waals surface area contributed by atoms with E-state index < -0.39 is 9.84 Å². The smallest absolute Gasteiger partial charge is 0.157 e. The zero-order valence-electron chi connectivity index (χ0n) is 13.2. The second-order valence-electron chi connectivity index (χ2n) is 5.38.